The Kier molecular flexibility index (Phi) is 22.3. The molecule has 27 heavy (non-hydrogen) atoms. The minimum Gasteiger partial charge on any atom is -0.295 e. The van der Waals surface area contributed by atoms with E-state index in [-0.39, 0.29) is 11.6 Å². The molecule has 0 aliphatic rings. The zero-order valence-electron chi connectivity index (χ0n) is 18.2. The van der Waals surface area contributed by atoms with Crippen LogP contribution in [0.2, 0.25) is 0 Å². The van der Waals surface area contributed by atoms with E-state index in [1.54, 1.807) is 26.0 Å². The first-order valence-corrected chi connectivity index (χ1v) is 10.3. The number of benzene rings is 1. The lowest BCUT2D eigenvalue weighted by Crippen LogP contribution is -1.79. The van der Waals surface area contributed by atoms with Crippen LogP contribution in [0.1, 0.15) is 84.6 Å². The van der Waals surface area contributed by atoms with Crippen LogP contribution in [0, 0.1) is 6.92 Å². The van der Waals surface area contributed by atoms with Crippen molar-refractivity contribution in [2.24, 2.45) is 0 Å². The van der Waals surface area contributed by atoms with E-state index in [0.29, 0.717) is 0 Å². The van der Waals surface area contributed by atoms with Gasteiger partial charge < -0.3 is 0 Å². The maximum Gasteiger partial charge on any atom is 0.152 e. The fraction of sp³-hybridized carbons (Fsp3) is 0.520. The summed E-state index contributed by atoms with van der Waals surface area (Å²) in [6.45, 7) is 9.59. The van der Waals surface area contributed by atoms with Gasteiger partial charge in [0.25, 0.3) is 0 Å². The summed E-state index contributed by atoms with van der Waals surface area (Å²) in [5.41, 5.74) is 1.32. The van der Waals surface area contributed by atoms with Crippen LogP contribution in [0.25, 0.3) is 0 Å². The second kappa shape index (κ2) is 22.1. The third-order valence-electron chi connectivity index (χ3n) is 3.59. The van der Waals surface area contributed by atoms with Crippen molar-refractivity contribution in [3.63, 3.8) is 0 Å². The fourth-order valence-corrected chi connectivity index (χ4v) is 2.06. The van der Waals surface area contributed by atoms with Crippen LogP contribution in [0.4, 0.5) is 0 Å². The molecule has 0 heterocycles. The summed E-state index contributed by atoms with van der Waals surface area (Å²) in [5, 5.41) is 0. The minimum atomic E-state index is 0.150. The molecule has 0 aliphatic heterocycles. The van der Waals surface area contributed by atoms with Crippen molar-refractivity contribution in [1.82, 2.24) is 0 Å². The van der Waals surface area contributed by atoms with Crippen LogP contribution in [0.5, 0.6) is 0 Å². The average molecular weight is 373 g/mol. The molecule has 1 aromatic rings. The monoisotopic (exact) mass is 372 g/mol. The number of rotatable bonds is 10. The normalized spacial score (nSPS) is 10.1. The van der Waals surface area contributed by atoms with Crippen molar-refractivity contribution in [3.05, 3.63) is 60.2 Å². The predicted octanol–water partition coefficient (Wildman–Crippen LogP) is 7.42. The molecule has 152 valence electrons. The van der Waals surface area contributed by atoms with Crippen LogP contribution in [-0.2, 0) is 9.59 Å². The maximum absolute atomic E-state index is 10.4. The first-order chi connectivity index (χ1) is 12.9. The van der Waals surface area contributed by atoms with E-state index in [1.165, 1.54) is 44.1 Å². The Balaban J connectivity index is 0. The van der Waals surface area contributed by atoms with Gasteiger partial charge in [0.2, 0.25) is 0 Å². The fourth-order valence-electron chi connectivity index (χ4n) is 2.06. The highest BCUT2D eigenvalue weighted by atomic mass is 16.1. The lowest BCUT2D eigenvalue weighted by molar-refractivity contribution is -0.113. The topological polar surface area (TPSA) is 34.1 Å². The van der Waals surface area contributed by atoms with Crippen molar-refractivity contribution >= 4 is 11.6 Å². The van der Waals surface area contributed by atoms with Gasteiger partial charge in [-0.25, -0.2) is 0 Å². The summed E-state index contributed by atoms with van der Waals surface area (Å²) in [6, 6.07) is 10.3. The number of allylic oxidation sites excluding steroid dienone is 4. The van der Waals surface area contributed by atoms with Gasteiger partial charge in [0.15, 0.2) is 11.6 Å². The van der Waals surface area contributed by atoms with Crippen LogP contribution in [0.15, 0.2) is 54.6 Å². The van der Waals surface area contributed by atoms with Crippen molar-refractivity contribution in [3.8, 4) is 0 Å². The zero-order valence-corrected chi connectivity index (χ0v) is 18.2. The first-order valence-electron chi connectivity index (χ1n) is 10.3. The highest BCUT2D eigenvalue weighted by Gasteiger charge is 1.84. The number of ketones is 2. The summed E-state index contributed by atoms with van der Waals surface area (Å²) in [5.74, 6) is 0.299. The second-order valence-electron chi connectivity index (χ2n) is 6.67. The van der Waals surface area contributed by atoms with Crippen molar-refractivity contribution in [2.75, 3.05) is 0 Å². The molecule has 0 saturated carbocycles. The Morgan fingerprint density at radius 3 is 1.41 bits per heavy atom. The van der Waals surface area contributed by atoms with E-state index in [4.69, 9.17) is 0 Å². The molecule has 0 amide bonds. The molecule has 1 rings (SSSR count). The molecular formula is C25H40O2. The third kappa shape index (κ3) is 29.1. The van der Waals surface area contributed by atoms with E-state index in [0.717, 1.165) is 12.8 Å². The van der Waals surface area contributed by atoms with E-state index in [9.17, 15) is 9.59 Å². The van der Waals surface area contributed by atoms with E-state index < -0.39 is 0 Å². The number of hydrogen-bond acceptors (Lipinski definition) is 2. The van der Waals surface area contributed by atoms with Gasteiger partial charge in [-0.3, -0.25) is 9.59 Å². The van der Waals surface area contributed by atoms with E-state index >= 15 is 0 Å². The molecule has 0 saturated heterocycles. The standard InChI is InChI=1S/2C9H16O.C7H8/c2*1-3-4-5-6-7-8-9(2)10;1-7-5-3-2-4-6-7/h2*7-8H,3-6H2,1-2H3;2-6H,1H3. The Morgan fingerprint density at radius 1 is 0.741 bits per heavy atom. The largest absolute Gasteiger partial charge is 0.295 e. The van der Waals surface area contributed by atoms with Gasteiger partial charge in [-0.2, -0.15) is 0 Å². The quantitative estimate of drug-likeness (QED) is 0.316. The summed E-state index contributed by atoms with van der Waals surface area (Å²) < 4.78 is 0. The Labute approximate surface area is 167 Å². The number of carbonyl (C=O) groups excluding carboxylic acids is 2. The number of aryl methyl sites for hydroxylation is 1. The van der Waals surface area contributed by atoms with Gasteiger partial charge in [-0.15, -0.1) is 0 Å². The molecular weight excluding hydrogens is 332 g/mol. The Hall–Kier alpha value is -1.96. The smallest absolute Gasteiger partial charge is 0.152 e. The second-order valence-corrected chi connectivity index (χ2v) is 6.67. The van der Waals surface area contributed by atoms with Crippen LogP contribution >= 0.6 is 0 Å². The minimum absolute atomic E-state index is 0.150. The predicted molar refractivity (Wildman–Crippen MR) is 119 cm³/mol. The molecule has 0 unspecified atom stereocenters. The molecule has 0 atom stereocenters. The Morgan fingerprint density at radius 2 is 1.15 bits per heavy atom. The summed E-state index contributed by atoms with van der Waals surface area (Å²) in [7, 11) is 0. The zero-order chi connectivity index (χ0) is 20.8. The molecule has 1 aromatic carbocycles. The van der Waals surface area contributed by atoms with Gasteiger partial charge in [0.05, 0.1) is 0 Å². The molecule has 0 N–H and O–H groups in total. The van der Waals surface area contributed by atoms with Crippen molar-refractivity contribution in [1.29, 1.82) is 0 Å². The van der Waals surface area contributed by atoms with Gasteiger partial charge in [0, 0.05) is 0 Å². The summed E-state index contributed by atoms with van der Waals surface area (Å²) in [4.78, 5) is 20.8. The maximum atomic E-state index is 10.4. The molecule has 0 spiro atoms. The first kappa shape index (κ1) is 27.3. The highest BCUT2D eigenvalue weighted by molar-refractivity contribution is 5.87. The lowest BCUT2D eigenvalue weighted by atomic mass is 10.2. The van der Waals surface area contributed by atoms with Gasteiger partial charge in [-0.1, -0.05) is 87.6 Å². The average Bonchev–Trinajstić information content (AvgIpc) is 2.63. The van der Waals surface area contributed by atoms with Crippen LogP contribution in [0.3, 0.4) is 0 Å². The van der Waals surface area contributed by atoms with Gasteiger partial charge >= 0.3 is 0 Å². The van der Waals surface area contributed by atoms with E-state index in [2.05, 4.69) is 32.9 Å². The van der Waals surface area contributed by atoms with Crippen LogP contribution < -0.4 is 0 Å². The molecule has 0 radical (unpaired) electrons. The van der Waals surface area contributed by atoms with Gasteiger partial charge in [-0.05, 0) is 58.6 Å². The third-order valence-corrected chi connectivity index (χ3v) is 3.59. The van der Waals surface area contributed by atoms with Gasteiger partial charge in [0.1, 0.15) is 0 Å². The molecule has 2 nitrogen and oxygen atoms in total. The number of unbranched alkanes of at least 4 members (excludes halogenated alkanes) is 6. The molecule has 0 aliphatic carbocycles. The number of carbonyl (C=O) groups is 2. The molecule has 2 heteroatoms. The molecule has 0 bridgehead atoms. The van der Waals surface area contributed by atoms with Crippen molar-refractivity contribution in [2.45, 2.75) is 86.0 Å². The summed E-state index contributed by atoms with van der Waals surface area (Å²) >= 11 is 0. The van der Waals surface area contributed by atoms with Crippen LogP contribution in [-0.4, -0.2) is 11.6 Å². The number of hydrogen-bond donors (Lipinski definition) is 0. The lowest BCUT2D eigenvalue weighted by Gasteiger charge is -1.89. The molecule has 0 aromatic heterocycles. The Bertz CT molecular complexity index is 482. The van der Waals surface area contributed by atoms with E-state index in [1.807, 2.05) is 30.4 Å². The summed E-state index contributed by atoms with van der Waals surface area (Å²) in [6.07, 6.45) is 16.7. The SMILES string of the molecule is CCCCCC=CC(C)=O.CCCCCC=CC(C)=O.Cc1ccccc1. The highest BCUT2D eigenvalue weighted by Crippen LogP contribution is 1.99. The van der Waals surface area contributed by atoms with Crippen molar-refractivity contribution < 1.29 is 9.59 Å². The molecule has 0 fully saturated rings.